The Morgan fingerprint density at radius 3 is 2.35 bits per heavy atom. The average molecular weight is 409 g/mol. The van der Waals surface area contributed by atoms with Crippen molar-refractivity contribution in [3.05, 3.63) is 17.7 Å². The van der Waals surface area contributed by atoms with Crippen LogP contribution in [0.3, 0.4) is 0 Å². The first-order valence-corrected chi connectivity index (χ1v) is 8.72. The maximum absolute atomic E-state index is 10.7. The van der Waals surface area contributed by atoms with E-state index in [4.69, 9.17) is 14.2 Å². The minimum absolute atomic E-state index is 0. The number of hydrogen-bond donors (Lipinski definition) is 2. The van der Waals surface area contributed by atoms with Crippen LogP contribution >= 0.6 is 24.8 Å². The SMILES string of the molecule is COc1cc(O)c([C@H](C2CCOCC2)N2CCNCC2)c(OC)c1.Cl.Cl. The van der Waals surface area contributed by atoms with Gasteiger partial charge >= 0.3 is 0 Å². The van der Waals surface area contributed by atoms with Crippen molar-refractivity contribution in [2.45, 2.75) is 18.9 Å². The molecule has 6 nitrogen and oxygen atoms in total. The van der Waals surface area contributed by atoms with Gasteiger partial charge in [-0.15, -0.1) is 24.8 Å². The molecule has 3 rings (SSSR count). The number of nitrogens with one attached hydrogen (secondary N) is 1. The molecular formula is C18H30Cl2N2O4. The van der Waals surface area contributed by atoms with Crippen LogP contribution in [0.1, 0.15) is 24.4 Å². The third-order valence-electron chi connectivity index (χ3n) is 5.10. The summed E-state index contributed by atoms with van der Waals surface area (Å²) in [6.45, 7) is 5.45. The summed E-state index contributed by atoms with van der Waals surface area (Å²) in [5.74, 6) is 2.01. The second-order valence-electron chi connectivity index (χ2n) is 6.44. The predicted octanol–water partition coefficient (Wildman–Crippen LogP) is 2.63. The van der Waals surface area contributed by atoms with Gasteiger partial charge in [0.1, 0.15) is 17.2 Å². The fourth-order valence-corrected chi connectivity index (χ4v) is 3.88. The van der Waals surface area contributed by atoms with Gasteiger partial charge in [-0.3, -0.25) is 4.90 Å². The van der Waals surface area contributed by atoms with Gasteiger partial charge in [-0.25, -0.2) is 0 Å². The first-order chi connectivity index (χ1) is 11.7. The van der Waals surface area contributed by atoms with Crippen molar-refractivity contribution in [1.82, 2.24) is 10.2 Å². The molecule has 150 valence electrons. The van der Waals surface area contributed by atoms with Gasteiger partial charge < -0.3 is 24.6 Å². The number of aromatic hydroxyl groups is 1. The maximum Gasteiger partial charge on any atom is 0.131 e. The van der Waals surface area contributed by atoms with Crippen molar-refractivity contribution in [2.75, 3.05) is 53.6 Å². The molecule has 2 aliphatic heterocycles. The maximum atomic E-state index is 10.7. The summed E-state index contributed by atoms with van der Waals surface area (Å²) in [6.07, 6.45) is 2.01. The minimum atomic E-state index is 0. The number of halogens is 2. The number of ether oxygens (including phenoxy) is 3. The van der Waals surface area contributed by atoms with Crippen molar-refractivity contribution in [3.63, 3.8) is 0 Å². The molecule has 1 atom stereocenters. The number of piperazine rings is 1. The summed E-state index contributed by atoms with van der Waals surface area (Å²) in [5, 5.41) is 14.1. The fraction of sp³-hybridized carbons (Fsp3) is 0.667. The van der Waals surface area contributed by atoms with Crippen LogP contribution in [0.4, 0.5) is 0 Å². The Bertz CT molecular complexity index is 532. The Balaban J connectivity index is 0.00000169. The second-order valence-corrected chi connectivity index (χ2v) is 6.44. The summed E-state index contributed by atoms with van der Waals surface area (Å²) in [4.78, 5) is 2.47. The molecule has 0 aromatic heterocycles. The number of nitrogens with zero attached hydrogens (tertiary/aromatic N) is 1. The van der Waals surface area contributed by atoms with E-state index in [0.717, 1.165) is 57.8 Å². The largest absolute Gasteiger partial charge is 0.507 e. The zero-order chi connectivity index (χ0) is 16.9. The zero-order valence-corrected chi connectivity index (χ0v) is 17.0. The minimum Gasteiger partial charge on any atom is -0.507 e. The van der Waals surface area contributed by atoms with E-state index >= 15 is 0 Å². The molecular weight excluding hydrogens is 379 g/mol. The number of phenols is 1. The summed E-state index contributed by atoms with van der Waals surface area (Å²) < 4.78 is 16.4. The van der Waals surface area contributed by atoms with Gasteiger partial charge in [0.15, 0.2) is 0 Å². The summed E-state index contributed by atoms with van der Waals surface area (Å²) in [6, 6.07) is 3.69. The van der Waals surface area contributed by atoms with Gasteiger partial charge in [0, 0.05) is 57.6 Å². The lowest BCUT2D eigenvalue weighted by Gasteiger charge is -2.41. The van der Waals surface area contributed by atoms with Crippen LogP contribution in [0, 0.1) is 5.92 Å². The topological polar surface area (TPSA) is 63.2 Å². The summed E-state index contributed by atoms with van der Waals surface area (Å²) in [7, 11) is 3.25. The molecule has 1 aromatic rings. The molecule has 0 unspecified atom stereocenters. The molecule has 0 bridgehead atoms. The standard InChI is InChI=1S/C18H28N2O4.2ClH/c1-22-14-11-15(21)17(16(12-14)23-2)18(13-3-9-24-10-4-13)20-7-5-19-6-8-20;;/h11-13,18-19,21H,3-10H2,1-2H3;2*1H/t18-;;/m0../s1. The van der Waals surface area contributed by atoms with Crippen LogP contribution in [0.2, 0.25) is 0 Å². The van der Waals surface area contributed by atoms with Crippen LogP contribution < -0.4 is 14.8 Å². The Hall–Kier alpha value is -0.920. The van der Waals surface area contributed by atoms with Crippen molar-refractivity contribution < 1.29 is 19.3 Å². The van der Waals surface area contributed by atoms with Crippen LogP contribution in [0.5, 0.6) is 17.2 Å². The lowest BCUT2D eigenvalue weighted by Crippen LogP contribution is -2.47. The fourth-order valence-electron chi connectivity index (χ4n) is 3.88. The molecule has 2 N–H and O–H groups in total. The molecule has 0 saturated carbocycles. The first kappa shape index (κ1) is 23.1. The van der Waals surface area contributed by atoms with E-state index in [9.17, 15) is 5.11 Å². The monoisotopic (exact) mass is 408 g/mol. The smallest absolute Gasteiger partial charge is 0.131 e. The predicted molar refractivity (Wildman–Crippen MR) is 106 cm³/mol. The van der Waals surface area contributed by atoms with E-state index in [-0.39, 0.29) is 36.6 Å². The Labute approximate surface area is 168 Å². The highest BCUT2D eigenvalue weighted by Crippen LogP contribution is 2.45. The number of rotatable bonds is 5. The molecule has 0 amide bonds. The number of hydrogen-bond acceptors (Lipinski definition) is 6. The Morgan fingerprint density at radius 1 is 1.12 bits per heavy atom. The molecule has 8 heteroatoms. The highest BCUT2D eigenvalue weighted by molar-refractivity contribution is 5.85. The number of benzene rings is 1. The van der Waals surface area contributed by atoms with E-state index in [1.807, 2.05) is 6.07 Å². The van der Waals surface area contributed by atoms with Gasteiger partial charge in [-0.2, -0.15) is 0 Å². The number of methoxy groups -OCH3 is 2. The molecule has 0 spiro atoms. The average Bonchev–Trinajstić information content (AvgIpc) is 2.64. The van der Waals surface area contributed by atoms with Crippen LogP contribution in [-0.2, 0) is 4.74 Å². The molecule has 26 heavy (non-hydrogen) atoms. The van der Waals surface area contributed by atoms with Crippen LogP contribution in [-0.4, -0.2) is 63.6 Å². The lowest BCUT2D eigenvalue weighted by atomic mass is 9.84. The van der Waals surface area contributed by atoms with Crippen LogP contribution in [0.15, 0.2) is 12.1 Å². The molecule has 2 fully saturated rings. The lowest BCUT2D eigenvalue weighted by molar-refractivity contribution is 0.0199. The third kappa shape index (κ3) is 5.08. The normalized spacial score (nSPS) is 19.8. The highest BCUT2D eigenvalue weighted by Gasteiger charge is 2.35. The van der Waals surface area contributed by atoms with E-state index in [1.165, 1.54) is 0 Å². The Morgan fingerprint density at radius 2 is 1.77 bits per heavy atom. The van der Waals surface area contributed by atoms with Crippen LogP contribution in [0.25, 0.3) is 0 Å². The summed E-state index contributed by atoms with van der Waals surface area (Å²) in [5.41, 5.74) is 0.882. The number of phenolic OH excluding ortho intramolecular Hbond substituents is 1. The molecule has 2 heterocycles. The van der Waals surface area contributed by atoms with Gasteiger partial charge in [-0.05, 0) is 18.8 Å². The molecule has 0 aliphatic carbocycles. The highest BCUT2D eigenvalue weighted by atomic mass is 35.5. The van der Waals surface area contributed by atoms with E-state index < -0.39 is 0 Å². The first-order valence-electron chi connectivity index (χ1n) is 8.72. The molecule has 2 saturated heterocycles. The zero-order valence-electron chi connectivity index (χ0n) is 15.4. The van der Waals surface area contributed by atoms with Crippen molar-refractivity contribution >= 4 is 24.8 Å². The van der Waals surface area contributed by atoms with E-state index in [2.05, 4.69) is 10.2 Å². The van der Waals surface area contributed by atoms with Gasteiger partial charge in [0.25, 0.3) is 0 Å². The Kier molecular flexibility index (Phi) is 9.82. The molecule has 0 radical (unpaired) electrons. The van der Waals surface area contributed by atoms with E-state index in [1.54, 1.807) is 20.3 Å². The van der Waals surface area contributed by atoms with Gasteiger partial charge in [0.05, 0.1) is 19.8 Å². The van der Waals surface area contributed by atoms with Gasteiger partial charge in [0.2, 0.25) is 0 Å². The second kappa shape index (κ2) is 11.0. The van der Waals surface area contributed by atoms with Crippen molar-refractivity contribution in [2.24, 2.45) is 5.92 Å². The van der Waals surface area contributed by atoms with Crippen molar-refractivity contribution in [3.8, 4) is 17.2 Å². The quantitative estimate of drug-likeness (QED) is 0.780. The molecule has 1 aromatic carbocycles. The third-order valence-corrected chi connectivity index (χ3v) is 5.10. The van der Waals surface area contributed by atoms with Gasteiger partial charge in [-0.1, -0.05) is 0 Å². The van der Waals surface area contributed by atoms with Crippen molar-refractivity contribution in [1.29, 1.82) is 0 Å². The van der Waals surface area contributed by atoms with E-state index in [0.29, 0.717) is 17.4 Å². The summed E-state index contributed by atoms with van der Waals surface area (Å²) >= 11 is 0. The molecule has 2 aliphatic rings.